The lowest BCUT2D eigenvalue weighted by atomic mass is 10.2. The molecule has 0 radical (unpaired) electrons. The molecule has 2 aromatic heterocycles. The number of hydrogen-bond acceptors (Lipinski definition) is 3. The third-order valence-corrected chi connectivity index (χ3v) is 3.35. The molecular formula is C12H16N4. The van der Waals surface area contributed by atoms with Crippen molar-refractivity contribution < 1.29 is 0 Å². The first-order valence-corrected chi connectivity index (χ1v) is 5.80. The molecule has 1 aliphatic rings. The molecule has 0 spiro atoms. The van der Waals surface area contributed by atoms with Gasteiger partial charge in [0.2, 0.25) is 0 Å². The molecule has 1 fully saturated rings. The normalized spacial score (nSPS) is 17.9. The standard InChI is InChI=1S/C12H16N4/c1-8(13-2)11-6-15-16-7-10(9-3-4-9)5-14-12(11)16/h5-9,13H,3-4H2,1-2H3. The van der Waals surface area contributed by atoms with Gasteiger partial charge in [0.15, 0.2) is 5.65 Å². The zero-order valence-electron chi connectivity index (χ0n) is 9.64. The molecule has 1 unspecified atom stereocenters. The Morgan fingerprint density at radius 3 is 2.94 bits per heavy atom. The van der Waals surface area contributed by atoms with Gasteiger partial charge in [-0.3, -0.25) is 0 Å². The monoisotopic (exact) mass is 216 g/mol. The van der Waals surface area contributed by atoms with Crippen LogP contribution in [0.1, 0.15) is 42.9 Å². The van der Waals surface area contributed by atoms with Crippen LogP contribution in [0.15, 0.2) is 18.6 Å². The summed E-state index contributed by atoms with van der Waals surface area (Å²) in [4.78, 5) is 4.53. The summed E-state index contributed by atoms with van der Waals surface area (Å²) in [6.45, 7) is 2.12. The van der Waals surface area contributed by atoms with Crippen LogP contribution >= 0.6 is 0 Å². The van der Waals surface area contributed by atoms with Gasteiger partial charge in [-0.1, -0.05) is 0 Å². The summed E-state index contributed by atoms with van der Waals surface area (Å²) < 4.78 is 1.90. The fourth-order valence-electron chi connectivity index (χ4n) is 2.00. The molecule has 2 heterocycles. The van der Waals surface area contributed by atoms with Crippen LogP contribution in [0.25, 0.3) is 5.65 Å². The SMILES string of the molecule is CNC(C)c1cnn2cc(C3CC3)cnc12. The lowest BCUT2D eigenvalue weighted by molar-refractivity contribution is 0.655. The Morgan fingerprint density at radius 2 is 2.25 bits per heavy atom. The Labute approximate surface area is 94.7 Å². The van der Waals surface area contributed by atoms with Gasteiger partial charge in [-0.15, -0.1) is 0 Å². The molecule has 16 heavy (non-hydrogen) atoms. The highest BCUT2D eigenvalue weighted by molar-refractivity contribution is 5.48. The van der Waals surface area contributed by atoms with E-state index in [4.69, 9.17) is 0 Å². The first-order valence-electron chi connectivity index (χ1n) is 5.80. The summed E-state index contributed by atoms with van der Waals surface area (Å²) in [6, 6.07) is 0.289. The van der Waals surface area contributed by atoms with Crippen LogP contribution in [0.3, 0.4) is 0 Å². The van der Waals surface area contributed by atoms with E-state index < -0.39 is 0 Å². The van der Waals surface area contributed by atoms with E-state index in [1.165, 1.54) is 18.4 Å². The van der Waals surface area contributed by atoms with E-state index in [0.717, 1.165) is 17.1 Å². The summed E-state index contributed by atoms with van der Waals surface area (Å²) in [5.74, 6) is 0.728. The van der Waals surface area contributed by atoms with E-state index in [1.807, 2.05) is 24.0 Å². The Kier molecular flexibility index (Phi) is 2.17. The molecule has 0 bridgehead atoms. The number of hydrogen-bond donors (Lipinski definition) is 1. The second-order valence-electron chi connectivity index (χ2n) is 4.54. The molecule has 1 atom stereocenters. The van der Waals surface area contributed by atoms with Crippen LogP contribution < -0.4 is 5.32 Å². The first-order chi connectivity index (χ1) is 7.79. The van der Waals surface area contributed by atoms with Crippen LogP contribution in [-0.4, -0.2) is 21.6 Å². The Hall–Kier alpha value is -1.42. The van der Waals surface area contributed by atoms with Crippen molar-refractivity contribution in [3.05, 3.63) is 29.7 Å². The van der Waals surface area contributed by atoms with E-state index >= 15 is 0 Å². The highest BCUT2D eigenvalue weighted by Crippen LogP contribution is 2.39. The van der Waals surface area contributed by atoms with Crippen molar-refractivity contribution in [2.75, 3.05) is 7.05 Å². The van der Waals surface area contributed by atoms with Crippen molar-refractivity contribution in [1.82, 2.24) is 19.9 Å². The number of aromatic nitrogens is 3. The van der Waals surface area contributed by atoms with Gasteiger partial charge in [0.05, 0.1) is 6.20 Å². The van der Waals surface area contributed by atoms with Gasteiger partial charge in [-0.25, -0.2) is 9.50 Å². The molecule has 1 N–H and O–H groups in total. The molecule has 4 nitrogen and oxygen atoms in total. The zero-order chi connectivity index (χ0) is 11.1. The van der Waals surface area contributed by atoms with E-state index in [1.54, 1.807) is 0 Å². The van der Waals surface area contributed by atoms with Crippen LogP contribution in [0, 0.1) is 0 Å². The van der Waals surface area contributed by atoms with Crippen molar-refractivity contribution in [1.29, 1.82) is 0 Å². The minimum atomic E-state index is 0.289. The highest BCUT2D eigenvalue weighted by atomic mass is 15.2. The molecule has 0 aliphatic heterocycles. The zero-order valence-corrected chi connectivity index (χ0v) is 9.64. The molecule has 0 amide bonds. The van der Waals surface area contributed by atoms with Gasteiger partial charge in [-0.2, -0.15) is 5.10 Å². The summed E-state index contributed by atoms with van der Waals surface area (Å²) in [5, 5.41) is 7.59. The van der Waals surface area contributed by atoms with Crippen LogP contribution in [0.2, 0.25) is 0 Å². The fraction of sp³-hybridized carbons (Fsp3) is 0.500. The Bertz CT molecular complexity index is 513. The van der Waals surface area contributed by atoms with Gasteiger partial charge in [0.1, 0.15) is 0 Å². The average Bonchev–Trinajstić information content (AvgIpc) is 3.08. The quantitative estimate of drug-likeness (QED) is 0.852. The predicted molar refractivity (Wildman–Crippen MR) is 62.4 cm³/mol. The fourth-order valence-corrected chi connectivity index (χ4v) is 2.00. The van der Waals surface area contributed by atoms with Gasteiger partial charge < -0.3 is 5.32 Å². The summed E-state index contributed by atoms with van der Waals surface area (Å²) >= 11 is 0. The Morgan fingerprint density at radius 1 is 1.44 bits per heavy atom. The number of rotatable bonds is 3. The Balaban J connectivity index is 2.06. The molecule has 0 saturated heterocycles. The number of nitrogens with one attached hydrogen (secondary N) is 1. The molecule has 1 aliphatic carbocycles. The molecule has 3 rings (SSSR count). The van der Waals surface area contributed by atoms with Crippen molar-refractivity contribution >= 4 is 5.65 Å². The van der Waals surface area contributed by atoms with Crippen LogP contribution in [-0.2, 0) is 0 Å². The van der Waals surface area contributed by atoms with Gasteiger partial charge in [-0.05, 0) is 38.3 Å². The van der Waals surface area contributed by atoms with Crippen LogP contribution in [0.5, 0.6) is 0 Å². The second kappa shape index (κ2) is 3.56. The third kappa shape index (κ3) is 1.50. The largest absolute Gasteiger partial charge is 0.313 e. The predicted octanol–water partition coefficient (Wildman–Crippen LogP) is 1.89. The average molecular weight is 216 g/mol. The third-order valence-electron chi connectivity index (χ3n) is 3.35. The lowest BCUT2D eigenvalue weighted by Gasteiger charge is -2.07. The molecule has 4 heteroatoms. The molecular weight excluding hydrogens is 200 g/mol. The lowest BCUT2D eigenvalue weighted by Crippen LogP contribution is -2.12. The molecule has 2 aromatic rings. The van der Waals surface area contributed by atoms with Gasteiger partial charge in [0, 0.05) is 24.0 Å². The van der Waals surface area contributed by atoms with Crippen molar-refractivity contribution in [2.24, 2.45) is 0 Å². The van der Waals surface area contributed by atoms with E-state index in [-0.39, 0.29) is 6.04 Å². The highest BCUT2D eigenvalue weighted by Gasteiger charge is 2.24. The van der Waals surface area contributed by atoms with Crippen molar-refractivity contribution in [3.8, 4) is 0 Å². The summed E-state index contributed by atoms with van der Waals surface area (Å²) in [7, 11) is 1.95. The summed E-state index contributed by atoms with van der Waals surface area (Å²) in [5.41, 5.74) is 3.44. The van der Waals surface area contributed by atoms with Gasteiger partial charge >= 0.3 is 0 Å². The minimum absolute atomic E-state index is 0.289. The maximum absolute atomic E-state index is 4.53. The minimum Gasteiger partial charge on any atom is -0.313 e. The van der Waals surface area contributed by atoms with Crippen LogP contribution in [0.4, 0.5) is 0 Å². The molecule has 84 valence electrons. The van der Waals surface area contributed by atoms with Crippen molar-refractivity contribution in [2.45, 2.75) is 31.7 Å². The van der Waals surface area contributed by atoms with E-state index in [9.17, 15) is 0 Å². The van der Waals surface area contributed by atoms with E-state index in [0.29, 0.717) is 0 Å². The smallest absolute Gasteiger partial charge is 0.159 e. The first kappa shape index (κ1) is 9.78. The molecule has 1 saturated carbocycles. The van der Waals surface area contributed by atoms with Crippen molar-refractivity contribution in [3.63, 3.8) is 0 Å². The second-order valence-corrected chi connectivity index (χ2v) is 4.54. The number of fused-ring (bicyclic) bond motifs is 1. The topological polar surface area (TPSA) is 42.2 Å². The number of nitrogens with zero attached hydrogens (tertiary/aromatic N) is 3. The van der Waals surface area contributed by atoms with E-state index in [2.05, 4.69) is 28.5 Å². The molecule has 0 aromatic carbocycles. The maximum Gasteiger partial charge on any atom is 0.159 e. The maximum atomic E-state index is 4.53. The summed E-state index contributed by atoms with van der Waals surface area (Å²) in [6.07, 6.45) is 8.62. The van der Waals surface area contributed by atoms with Gasteiger partial charge in [0.25, 0.3) is 0 Å².